The maximum absolute atomic E-state index is 12.7. The Kier molecular flexibility index (Phi) is 5.22. The number of rotatable bonds is 3. The van der Waals surface area contributed by atoms with Gasteiger partial charge in [-0.15, -0.1) is 3.97 Å². The van der Waals surface area contributed by atoms with Crippen LogP contribution in [0.15, 0.2) is 54.3 Å². The van der Waals surface area contributed by atoms with E-state index in [1.165, 1.54) is 18.6 Å². The molecule has 0 aliphatic heterocycles. The molecule has 0 aromatic carbocycles. The highest BCUT2D eigenvalue weighted by Crippen LogP contribution is 2.28. The van der Waals surface area contributed by atoms with Crippen LogP contribution in [-0.2, 0) is 23.2 Å². The smallest absolute Gasteiger partial charge is 0.433 e. The van der Waals surface area contributed by atoms with Crippen LogP contribution in [0.3, 0.4) is 0 Å². The minimum absolute atomic E-state index is 0. The first kappa shape index (κ1) is 19.4. The van der Waals surface area contributed by atoms with Crippen molar-refractivity contribution in [2.45, 2.75) is 11.1 Å². The zero-order valence-electron chi connectivity index (χ0n) is 12.6. The molecule has 0 bridgehead atoms. The molecule has 0 spiro atoms. The van der Waals surface area contributed by atoms with Crippen LogP contribution in [0, 0.1) is 0 Å². The third-order valence-electron chi connectivity index (χ3n) is 3.18. The maximum Gasteiger partial charge on any atom is 0.433 e. The lowest BCUT2D eigenvalue weighted by Gasteiger charge is -2.07. The van der Waals surface area contributed by atoms with Crippen molar-refractivity contribution in [1.82, 2.24) is 18.7 Å². The van der Waals surface area contributed by atoms with Crippen LogP contribution >= 0.6 is 0 Å². The molecule has 0 aliphatic carbocycles. The highest BCUT2D eigenvalue weighted by atomic mass is 127. The van der Waals surface area contributed by atoms with Gasteiger partial charge in [0.2, 0.25) is 0 Å². The average molecular weight is 485 g/mol. The predicted octanol–water partition coefficient (Wildman–Crippen LogP) is -1.85. The molecule has 25 heavy (non-hydrogen) atoms. The molecule has 0 saturated carbocycles. The summed E-state index contributed by atoms with van der Waals surface area (Å²) < 4.78 is 66.5. The number of imidazole rings is 1. The molecule has 0 N–H and O–H groups in total. The van der Waals surface area contributed by atoms with Crippen molar-refractivity contribution in [3.05, 3.63) is 55.1 Å². The number of halogens is 4. The highest BCUT2D eigenvalue weighted by Gasteiger charge is 2.33. The summed E-state index contributed by atoms with van der Waals surface area (Å²) in [7, 11) is -2.21. The third kappa shape index (κ3) is 3.84. The molecule has 3 heterocycles. The minimum atomic E-state index is -4.60. The van der Waals surface area contributed by atoms with Gasteiger partial charge in [0.1, 0.15) is 23.0 Å². The van der Waals surface area contributed by atoms with Crippen LogP contribution in [0.5, 0.6) is 0 Å². The molecule has 12 heteroatoms. The lowest BCUT2D eigenvalue weighted by Crippen LogP contribution is -3.00. The summed E-state index contributed by atoms with van der Waals surface area (Å²) in [5, 5.41) is 3.83. The van der Waals surface area contributed by atoms with Gasteiger partial charge in [0.15, 0.2) is 0 Å². The van der Waals surface area contributed by atoms with Crippen LogP contribution in [0.25, 0.3) is 5.69 Å². The van der Waals surface area contributed by atoms with Crippen molar-refractivity contribution in [3.63, 3.8) is 0 Å². The molecule has 3 rings (SSSR count). The number of aromatic nitrogens is 5. The van der Waals surface area contributed by atoms with Crippen molar-refractivity contribution in [1.29, 1.82) is 0 Å². The van der Waals surface area contributed by atoms with Crippen LogP contribution in [-0.4, -0.2) is 27.2 Å². The van der Waals surface area contributed by atoms with Gasteiger partial charge in [-0.25, -0.2) is 9.25 Å². The summed E-state index contributed by atoms with van der Waals surface area (Å²) in [6.07, 6.45) is 2.84. The fourth-order valence-electron chi connectivity index (χ4n) is 1.99. The van der Waals surface area contributed by atoms with Crippen LogP contribution in [0.2, 0.25) is 0 Å². The normalized spacial score (nSPS) is 12.0. The van der Waals surface area contributed by atoms with Crippen LogP contribution < -0.4 is 28.5 Å². The number of pyridine rings is 1. The van der Waals surface area contributed by atoms with Crippen molar-refractivity contribution < 1.29 is 50.1 Å². The SMILES string of the molecule is C[n+]1ccn(S(=O)(=O)c2cnn(-c3ccnc(C(F)(F)F)c3)c2)c1.[I-]. The van der Waals surface area contributed by atoms with Gasteiger partial charge >= 0.3 is 16.2 Å². The Bertz CT molecular complexity index is 997. The monoisotopic (exact) mass is 485 g/mol. The molecule has 0 aliphatic rings. The van der Waals surface area contributed by atoms with Crippen molar-refractivity contribution in [2.75, 3.05) is 0 Å². The van der Waals surface area contributed by atoms with E-state index in [2.05, 4.69) is 10.1 Å². The number of nitrogens with zero attached hydrogens (tertiary/aromatic N) is 5. The molecule has 3 aromatic rings. The van der Waals surface area contributed by atoms with Gasteiger partial charge in [-0.1, -0.05) is 0 Å². The Morgan fingerprint density at radius 1 is 1.28 bits per heavy atom. The molecule has 0 fully saturated rings. The minimum Gasteiger partial charge on any atom is -1.00 e. The van der Waals surface area contributed by atoms with E-state index >= 15 is 0 Å². The molecule has 0 amide bonds. The van der Waals surface area contributed by atoms with E-state index in [9.17, 15) is 21.6 Å². The molecular formula is C13H11F3IN5O2S. The van der Waals surface area contributed by atoms with Crippen molar-refractivity contribution in [3.8, 4) is 5.69 Å². The lowest BCUT2D eigenvalue weighted by molar-refractivity contribution is -0.670. The predicted molar refractivity (Wildman–Crippen MR) is 74.6 cm³/mol. The quantitative estimate of drug-likeness (QED) is 0.323. The Balaban J connectivity index is 0.00000225. The van der Waals surface area contributed by atoms with Gasteiger partial charge in [0.05, 0.1) is 25.1 Å². The lowest BCUT2D eigenvalue weighted by atomic mass is 10.3. The Labute approximate surface area is 157 Å². The van der Waals surface area contributed by atoms with Crippen LogP contribution in [0.4, 0.5) is 13.2 Å². The van der Waals surface area contributed by atoms with Crippen molar-refractivity contribution in [2.24, 2.45) is 7.05 Å². The van der Waals surface area contributed by atoms with E-state index in [1.54, 1.807) is 17.8 Å². The Hall–Kier alpha value is -1.96. The third-order valence-corrected chi connectivity index (χ3v) is 4.76. The number of hydrogen-bond donors (Lipinski definition) is 0. The zero-order valence-corrected chi connectivity index (χ0v) is 15.6. The van der Waals surface area contributed by atoms with Gasteiger partial charge in [-0.05, 0) is 12.1 Å². The first-order valence-corrected chi connectivity index (χ1v) is 7.99. The first-order chi connectivity index (χ1) is 11.2. The van der Waals surface area contributed by atoms with Gasteiger partial charge in [0, 0.05) is 6.20 Å². The van der Waals surface area contributed by atoms with Gasteiger partial charge in [-0.3, -0.25) is 4.98 Å². The van der Waals surface area contributed by atoms with Gasteiger partial charge in [-0.2, -0.15) is 26.7 Å². The second kappa shape index (κ2) is 6.74. The van der Waals surface area contributed by atoms with Crippen LogP contribution in [0.1, 0.15) is 5.69 Å². The summed E-state index contributed by atoms with van der Waals surface area (Å²) in [6.45, 7) is 0. The fourth-order valence-corrected chi connectivity index (χ4v) is 3.13. The van der Waals surface area contributed by atoms with E-state index < -0.39 is 21.9 Å². The van der Waals surface area contributed by atoms with Gasteiger partial charge < -0.3 is 24.0 Å². The molecule has 7 nitrogen and oxygen atoms in total. The largest absolute Gasteiger partial charge is 1.00 e. The van der Waals surface area contributed by atoms with E-state index in [1.807, 2.05) is 0 Å². The second-order valence-corrected chi connectivity index (χ2v) is 6.77. The summed E-state index contributed by atoms with van der Waals surface area (Å²) >= 11 is 0. The maximum atomic E-state index is 12.7. The van der Waals surface area contributed by atoms with Gasteiger partial charge in [0.25, 0.3) is 6.33 Å². The average Bonchev–Trinajstić information content (AvgIpc) is 3.16. The van der Waals surface area contributed by atoms with E-state index in [4.69, 9.17) is 0 Å². The Morgan fingerprint density at radius 2 is 2.00 bits per heavy atom. The fraction of sp³-hybridized carbons (Fsp3) is 0.154. The summed E-state index contributed by atoms with van der Waals surface area (Å²) in [5.74, 6) is 0. The van der Waals surface area contributed by atoms with Crippen molar-refractivity contribution >= 4 is 10.0 Å². The highest BCUT2D eigenvalue weighted by molar-refractivity contribution is 7.90. The molecule has 0 radical (unpaired) electrons. The first-order valence-electron chi connectivity index (χ1n) is 6.55. The molecule has 0 unspecified atom stereocenters. The Morgan fingerprint density at radius 3 is 2.60 bits per heavy atom. The summed E-state index contributed by atoms with van der Waals surface area (Å²) in [4.78, 5) is 3.10. The zero-order chi connectivity index (χ0) is 17.5. The standard InChI is InChI=1S/C13H11F3N5O2S.HI/c1-19-4-5-20(9-19)24(22,23)11-7-18-21(8-11)10-2-3-17-12(6-10)13(14,15)16;/h2-9H,1H3;1H/q+1;/p-1. The molecular weight excluding hydrogens is 474 g/mol. The number of alkyl halides is 3. The van der Waals surface area contributed by atoms with E-state index in [0.29, 0.717) is 0 Å². The number of hydrogen-bond acceptors (Lipinski definition) is 4. The molecule has 0 atom stereocenters. The topological polar surface area (TPSA) is 73.7 Å². The summed E-state index contributed by atoms with van der Waals surface area (Å²) in [6, 6.07) is 2.09. The molecule has 0 saturated heterocycles. The second-order valence-electron chi connectivity index (χ2n) is 4.93. The molecule has 134 valence electrons. The van der Waals surface area contributed by atoms with E-state index in [-0.39, 0.29) is 34.6 Å². The molecule has 3 aromatic heterocycles. The van der Waals surface area contributed by atoms with E-state index in [0.717, 1.165) is 33.3 Å². The number of aryl methyl sites for hydroxylation is 1. The summed E-state index contributed by atoms with van der Waals surface area (Å²) in [5.41, 5.74) is -1.03.